The summed E-state index contributed by atoms with van der Waals surface area (Å²) in [6.45, 7) is 9.50. The molecule has 0 unspecified atom stereocenters. The van der Waals surface area contributed by atoms with Crippen LogP contribution in [0.2, 0.25) is 0 Å². The molecule has 1 amide bonds. The maximum Gasteiger partial charge on any atom is 0.343 e. The van der Waals surface area contributed by atoms with Crippen LogP contribution in [0, 0.1) is 20.8 Å². The van der Waals surface area contributed by atoms with Crippen LogP contribution in [0.1, 0.15) is 46.5 Å². The number of hydrazone groups is 1. The van der Waals surface area contributed by atoms with E-state index in [0.717, 1.165) is 21.2 Å². The Kier molecular flexibility index (Phi) is 11.1. The molecule has 0 radical (unpaired) electrons. The Morgan fingerprint density at radius 1 is 0.914 bits per heavy atom. The van der Waals surface area contributed by atoms with Gasteiger partial charge < -0.3 is 9.47 Å². The summed E-state index contributed by atoms with van der Waals surface area (Å²) in [5.74, 6) is 0.0624. The molecule has 0 bridgehead atoms. The third-order valence-corrected chi connectivity index (χ3v) is 5.79. The summed E-state index contributed by atoms with van der Waals surface area (Å²) in [7, 11) is 0. The van der Waals surface area contributed by atoms with Crippen molar-refractivity contribution >= 4 is 50.0 Å². The monoisotopic (exact) mass is 602 g/mol. The van der Waals surface area contributed by atoms with Crippen LogP contribution in [-0.4, -0.2) is 24.7 Å². The van der Waals surface area contributed by atoms with Gasteiger partial charge in [-0.2, -0.15) is 5.10 Å². The Hall–Kier alpha value is -2.97. The zero-order chi connectivity index (χ0) is 26.0. The number of carbonyl (C=O) groups is 2. The first-order valence-corrected chi connectivity index (χ1v) is 12.6. The number of para-hydroxylation sites is 1. The maximum atomic E-state index is 12.7. The highest BCUT2D eigenvalue weighted by Gasteiger charge is 2.16. The highest BCUT2D eigenvalue weighted by atomic mass is 79.9. The van der Waals surface area contributed by atoms with E-state index >= 15 is 0 Å². The van der Waals surface area contributed by atoms with E-state index in [0.29, 0.717) is 21.3 Å². The van der Waals surface area contributed by atoms with Gasteiger partial charge in [0.2, 0.25) is 0 Å². The molecule has 1 N–H and O–H groups in total. The molecule has 184 valence electrons. The molecule has 3 aromatic carbocycles. The van der Waals surface area contributed by atoms with Crippen LogP contribution < -0.4 is 14.9 Å². The predicted molar refractivity (Wildman–Crippen MR) is 146 cm³/mol. The molecule has 0 atom stereocenters. The molecular formula is C27H28Br2N2O4. The van der Waals surface area contributed by atoms with E-state index in [1.807, 2.05) is 65.0 Å². The summed E-state index contributed by atoms with van der Waals surface area (Å²) in [5.41, 5.74) is 6.10. The Labute approximate surface area is 223 Å². The fraction of sp³-hybridized carbons (Fsp3) is 0.222. The molecule has 3 aromatic rings. The number of carbonyl (C=O) groups excluding carboxylic acids is 2. The van der Waals surface area contributed by atoms with Crippen molar-refractivity contribution < 1.29 is 19.1 Å². The fourth-order valence-corrected chi connectivity index (χ4v) is 4.44. The Morgan fingerprint density at radius 2 is 1.54 bits per heavy atom. The summed E-state index contributed by atoms with van der Waals surface area (Å²) in [6.07, 6.45) is 1.41. The van der Waals surface area contributed by atoms with Crippen molar-refractivity contribution in [2.75, 3.05) is 6.61 Å². The number of nitrogens with one attached hydrogen (secondary N) is 1. The van der Waals surface area contributed by atoms with Crippen LogP contribution in [0.3, 0.4) is 0 Å². The summed E-state index contributed by atoms with van der Waals surface area (Å²) >= 11 is 6.84. The van der Waals surface area contributed by atoms with Crippen LogP contribution in [0.25, 0.3) is 0 Å². The van der Waals surface area contributed by atoms with Crippen LogP contribution in [0.15, 0.2) is 68.6 Å². The topological polar surface area (TPSA) is 77.0 Å². The number of hydrogen-bond donors (Lipinski definition) is 1. The molecule has 0 spiro atoms. The number of hydrogen-bond acceptors (Lipinski definition) is 5. The molecule has 0 saturated heterocycles. The van der Waals surface area contributed by atoms with Gasteiger partial charge in [0.1, 0.15) is 5.75 Å². The lowest BCUT2D eigenvalue weighted by Crippen LogP contribution is -2.25. The standard InChI is InChI=1S/C25H22Br2N2O4.C2H6/c1-15-7-4-5-10-20(15)25(31)33-24-18(11-19(26)12-21(24)27)13-28-29-22(30)14-32-23-16(2)8-6-9-17(23)3;1-2/h4-13H,14H2,1-3H3,(H,29,30);1-2H3/b28-13+;. The summed E-state index contributed by atoms with van der Waals surface area (Å²) in [5, 5.41) is 4.00. The van der Waals surface area contributed by atoms with E-state index < -0.39 is 11.9 Å². The van der Waals surface area contributed by atoms with Crippen molar-refractivity contribution in [1.29, 1.82) is 0 Å². The highest BCUT2D eigenvalue weighted by Crippen LogP contribution is 2.33. The number of aryl methyl sites for hydroxylation is 3. The van der Waals surface area contributed by atoms with Crippen LogP contribution in [-0.2, 0) is 4.79 Å². The first kappa shape index (κ1) is 28.3. The molecule has 0 aliphatic rings. The van der Waals surface area contributed by atoms with Crippen molar-refractivity contribution in [3.05, 3.63) is 91.4 Å². The molecule has 35 heavy (non-hydrogen) atoms. The second kappa shape index (κ2) is 13.8. The fourth-order valence-electron chi connectivity index (χ4n) is 3.10. The molecule has 0 saturated carbocycles. The van der Waals surface area contributed by atoms with E-state index in [2.05, 4.69) is 42.4 Å². The summed E-state index contributed by atoms with van der Waals surface area (Å²) in [6, 6.07) is 16.4. The zero-order valence-electron chi connectivity index (χ0n) is 20.3. The van der Waals surface area contributed by atoms with Crippen molar-refractivity contribution in [1.82, 2.24) is 5.43 Å². The minimum Gasteiger partial charge on any atom is -0.483 e. The second-order valence-electron chi connectivity index (χ2n) is 7.31. The smallest absolute Gasteiger partial charge is 0.343 e. The van der Waals surface area contributed by atoms with Crippen molar-refractivity contribution in [3.8, 4) is 11.5 Å². The van der Waals surface area contributed by atoms with Gasteiger partial charge in [-0.15, -0.1) is 0 Å². The van der Waals surface area contributed by atoms with Gasteiger partial charge in [0.05, 0.1) is 16.3 Å². The average Bonchev–Trinajstić information content (AvgIpc) is 2.82. The minimum atomic E-state index is -0.489. The average molecular weight is 604 g/mol. The van der Waals surface area contributed by atoms with Gasteiger partial charge in [-0.3, -0.25) is 4.79 Å². The molecule has 8 heteroatoms. The zero-order valence-corrected chi connectivity index (χ0v) is 23.5. The van der Waals surface area contributed by atoms with Gasteiger partial charge in [-0.05, 0) is 71.6 Å². The van der Waals surface area contributed by atoms with E-state index in [1.54, 1.807) is 24.3 Å². The molecule has 0 aromatic heterocycles. The lowest BCUT2D eigenvalue weighted by molar-refractivity contribution is -0.123. The van der Waals surface area contributed by atoms with E-state index in [4.69, 9.17) is 9.47 Å². The number of nitrogens with zero attached hydrogens (tertiary/aromatic N) is 1. The Morgan fingerprint density at radius 3 is 2.20 bits per heavy atom. The number of esters is 1. The minimum absolute atomic E-state index is 0.180. The van der Waals surface area contributed by atoms with Crippen molar-refractivity contribution in [3.63, 3.8) is 0 Å². The third kappa shape index (κ3) is 8.04. The molecule has 0 aliphatic carbocycles. The second-order valence-corrected chi connectivity index (χ2v) is 9.08. The van der Waals surface area contributed by atoms with Gasteiger partial charge >= 0.3 is 5.97 Å². The van der Waals surface area contributed by atoms with Crippen LogP contribution >= 0.6 is 31.9 Å². The molecule has 0 aliphatic heterocycles. The molecule has 0 heterocycles. The van der Waals surface area contributed by atoms with E-state index in [1.165, 1.54) is 6.21 Å². The first-order valence-electron chi connectivity index (χ1n) is 11.0. The number of benzene rings is 3. The van der Waals surface area contributed by atoms with Crippen LogP contribution in [0.5, 0.6) is 11.5 Å². The number of ether oxygens (including phenoxy) is 2. The van der Waals surface area contributed by atoms with Crippen molar-refractivity contribution in [2.24, 2.45) is 5.10 Å². The first-order chi connectivity index (χ1) is 16.8. The molecule has 3 rings (SSSR count). The lowest BCUT2D eigenvalue weighted by atomic mass is 10.1. The third-order valence-electron chi connectivity index (χ3n) is 4.75. The number of halogens is 2. The molecule has 0 fully saturated rings. The maximum absolute atomic E-state index is 12.7. The predicted octanol–water partition coefficient (Wildman–Crippen LogP) is 6.91. The molecular weight excluding hydrogens is 576 g/mol. The van der Waals surface area contributed by atoms with E-state index in [-0.39, 0.29) is 12.4 Å². The number of amides is 1. The van der Waals surface area contributed by atoms with Gasteiger partial charge in [0, 0.05) is 10.0 Å². The quantitative estimate of drug-likeness (QED) is 0.138. The van der Waals surface area contributed by atoms with Crippen LogP contribution in [0.4, 0.5) is 0 Å². The Balaban J connectivity index is 0.00000210. The summed E-state index contributed by atoms with van der Waals surface area (Å²) in [4.78, 5) is 24.9. The molecule has 6 nitrogen and oxygen atoms in total. The highest BCUT2D eigenvalue weighted by molar-refractivity contribution is 9.11. The lowest BCUT2D eigenvalue weighted by Gasteiger charge is -2.12. The summed E-state index contributed by atoms with van der Waals surface area (Å²) < 4.78 is 12.6. The van der Waals surface area contributed by atoms with E-state index in [9.17, 15) is 9.59 Å². The van der Waals surface area contributed by atoms with Gasteiger partial charge in [-0.25, -0.2) is 10.2 Å². The van der Waals surface area contributed by atoms with Gasteiger partial charge in [-0.1, -0.05) is 66.2 Å². The normalized spacial score (nSPS) is 10.4. The number of rotatable bonds is 7. The van der Waals surface area contributed by atoms with Gasteiger partial charge in [0.25, 0.3) is 5.91 Å². The Bertz CT molecular complexity index is 1210. The van der Waals surface area contributed by atoms with Gasteiger partial charge in [0.15, 0.2) is 12.4 Å². The van der Waals surface area contributed by atoms with Crippen molar-refractivity contribution in [2.45, 2.75) is 34.6 Å². The largest absolute Gasteiger partial charge is 0.483 e. The SMILES string of the molecule is CC.Cc1ccccc1C(=O)Oc1c(Br)cc(Br)cc1/C=N/NC(=O)COc1c(C)cccc1C.